The number of nitrogen functional groups attached to an aromatic ring is 1. The number of esters is 1. The zero-order chi connectivity index (χ0) is 24.6. The fourth-order valence-electron chi connectivity index (χ4n) is 3.12. The van der Waals surface area contributed by atoms with Crippen LogP contribution in [0.15, 0.2) is 36.7 Å². The average Bonchev–Trinajstić information content (AvgIpc) is 3.23. The quantitative estimate of drug-likeness (QED) is 0.181. The lowest BCUT2D eigenvalue weighted by Crippen LogP contribution is -2.34. The number of aliphatic hydroxyl groups is 1. The van der Waals surface area contributed by atoms with Crippen LogP contribution in [0.25, 0.3) is 11.2 Å². The van der Waals surface area contributed by atoms with E-state index in [4.69, 9.17) is 19.7 Å². The van der Waals surface area contributed by atoms with Crippen molar-refractivity contribution in [1.29, 1.82) is 0 Å². The summed E-state index contributed by atoms with van der Waals surface area (Å²) in [4.78, 5) is 24.4. The highest BCUT2D eigenvalue weighted by Gasteiger charge is 2.29. The molecule has 0 saturated carbocycles. The Labute approximate surface area is 197 Å². The molecule has 4 N–H and O–H groups in total. The van der Waals surface area contributed by atoms with Crippen molar-refractivity contribution in [3.8, 4) is 0 Å². The molecular formula is C21H29N6O6P. The Kier molecular flexibility index (Phi) is 9.08. The van der Waals surface area contributed by atoms with Crippen LogP contribution in [-0.2, 0) is 43.1 Å². The predicted molar refractivity (Wildman–Crippen MR) is 125 cm³/mol. The third kappa shape index (κ3) is 6.81. The number of carbonyl (C=O) groups excluding carboxylic acids is 1. The first-order valence-corrected chi connectivity index (χ1v) is 12.5. The van der Waals surface area contributed by atoms with Crippen LogP contribution in [-0.4, -0.2) is 56.2 Å². The lowest BCUT2D eigenvalue weighted by Gasteiger charge is -2.23. The lowest BCUT2D eigenvalue weighted by molar-refractivity contribution is -0.144. The molecule has 2 heterocycles. The van der Waals surface area contributed by atoms with Crippen LogP contribution in [0.4, 0.5) is 5.95 Å². The molecule has 1 unspecified atom stereocenters. The zero-order valence-electron chi connectivity index (χ0n) is 19.1. The van der Waals surface area contributed by atoms with Crippen molar-refractivity contribution in [2.75, 3.05) is 25.3 Å². The van der Waals surface area contributed by atoms with Crippen LogP contribution < -0.4 is 10.8 Å². The van der Waals surface area contributed by atoms with Crippen molar-refractivity contribution in [3.63, 3.8) is 0 Å². The van der Waals surface area contributed by atoms with E-state index in [1.165, 1.54) is 6.33 Å². The Balaban J connectivity index is 1.64. The number of carbonyl (C=O) groups is 1. The van der Waals surface area contributed by atoms with Crippen LogP contribution in [0.3, 0.4) is 0 Å². The number of nitrogens with one attached hydrogen (secondary N) is 1. The minimum Gasteiger partial charge on any atom is -0.465 e. The first-order valence-electron chi connectivity index (χ1n) is 10.7. The van der Waals surface area contributed by atoms with Crippen LogP contribution in [0, 0.1) is 0 Å². The Hall–Kier alpha value is -2.89. The van der Waals surface area contributed by atoms with E-state index in [1.807, 2.05) is 30.3 Å². The van der Waals surface area contributed by atoms with Crippen molar-refractivity contribution >= 4 is 30.6 Å². The van der Waals surface area contributed by atoms with Gasteiger partial charge in [0.1, 0.15) is 17.9 Å². The maximum atomic E-state index is 13.5. The minimum atomic E-state index is -3.57. The molecule has 0 bridgehead atoms. The highest BCUT2D eigenvalue weighted by atomic mass is 31.2. The van der Waals surface area contributed by atoms with Gasteiger partial charge in [-0.3, -0.25) is 9.36 Å². The Bertz CT molecular complexity index is 1140. The monoisotopic (exact) mass is 492 g/mol. The molecule has 0 aliphatic rings. The van der Waals surface area contributed by atoms with Gasteiger partial charge >= 0.3 is 5.97 Å². The highest BCUT2D eigenvalue weighted by molar-refractivity contribution is 7.56. The molecule has 13 heteroatoms. The number of hydrogen-bond donors (Lipinski definition) is 3. The molecule has 0 spiro atoms. The summed E-state index contributed by atoms with van der Waals surface area (Å²) in [5.74, 6) is -0.511. The largest absolute Gasteiger partial charge is 0.465 e. The Morgan fingerprint density at radius 3 is 2.76 bits per heavy atom. The van der Waals surface area contributed by atoms with Crippen molar-refractivity contribution in [3.05, 3.63) is 47.9 Å². The number of nitrogens with two attached hydrogens (primary N) is 1. The van der Waals surface area contributed by atoms with Crippen molar-refractivity contribution in [1.82, 2.24) is 24.6 Å². The molecule has 3 aromatic rings. The fraction of sp³-hybridized carbons (Fsp3) is 0.429. The van der Waals surface area contributed by atoms with Gasteiger partial charge in [-0.25, -0.2) is 15.1 Å². The van der Waals surface area contributed by atoms with E-state index in [-0.39, 0.29) is 38.7 Å². The summed E-state index contributed by atoms with van der Waals surface area (Å²) in [5.41, 5.74) is 7.77. The van der Waals surface area contributed by atoms with Crippen molar-refractivity contribution in [2.24, 2.45) is 0 Å². The van der Waals surface area contributed by atoms with Gasteiger partial charge in [-0.1, -0.05) is 30.3 Å². The summed E-state index contributed by atoms with van der Waals surface area (Å²) in [5, 5.41) is 12.2. The first kappa shape index (κ1) is 25.7. The summed E-state index contributed by atoms with van der Waals surface area (Å²) in [6.45, 7) is 3.70. The SMILES string of the molecule is CCOC(=O)C(C)N[P@@](=O)(COCCn1cnc2c(CO)nc(N)nc21)OCc1ccccc1. The van der Waals surface area contributed by atoms with Gasteiger partial charge in [0.15, 0.2) is 5.65 Å². The van der Waals surface area contributed by atoms with Crippen LogP contribution in [0.1, 0.15) is 25.1 Å². The standard InChI is InChI=1S/C21H29N6O6P/c1-3-32-20(29)15(2)26-34(30,33-12-16-7-5-4-6-8-16)14-31-10-9-27-13-23-18-17(11-28)24-21(22)25-19(18)27/h4-8,13,15,28H,3,9-12,14H2,1-2H3,(H,26,30)(H2,22,24,25)/t15?,34-/m1/s1. The smallest absolute Gasteiger partial charge is 0.323 e. The summed E-state index contributed by atoms with van der Waals surface area (Å²) in [6, 6.07) is 8.41. The van der Waals surface area contributed by atoms with Gasteiger partial charge in [-0.15, -0.1) is 0 Å². The van der Waals surface area contributed by atoms with E-state index < -0.39 is 19.5 Å². The number of benzene rings is 1. The second-order valence-electron chi connectivity index (χ2n) is 7.37. The van der Waals surface area contributed by atoms with Gasteiger partial charge in [0.2, 0.25) is 5.95 Å². The topological polar surface area (TPSA) is 164 Å². The summed E-state index contributed by atoms with van der Waals surface area (Å²) >= 11 is 0. The van der Waals surface area contributed by atoms with Gasteiger partial charge in [0.25, 0.3) is 7.52 Å². The number of aromatic nitrogens is 4. The molecule has 0 amide bonds. The molecular weight excluding hydrogens is 463 g/mol. The van der Waals surface area contributed by atoms with Gasteiger partial charge in [0, 0.05) is 6.54 Å². The number of rotatable bonds is 13. The average molecular weight is 492 g/mol. The molecule has 0 saturated heterocycles. The van der Waals surface area contributed by atoms with Gasteiger partial charge < -0.3 is 29.4 Å². The third-order valence-corrected chi connectivity index (χ3v) is 6.60. The normalized spacial score (nSPS) is 14.1. The van der Waals surface area contributed by atoms with Crippen molar-refractivity contribution < 1.29 is 28.5 Å². The molecule has 2 atom stereocenters. The first-order chi connectivity index (χ1) is 16.3. The number of fused-ring (bicyclic) bond motifs is 1. The molecule has 0 aliphatic heterocycles. The molecule has 0 fully saturated rings. The zero-order valence-corrected chi connectivity index (χ0v) is 20.0. The van der Waals surface area contributed by atoms with Gasteiger partial charge in [0.05, 0.1) is 38.4 Å². The number of ether oxygens (including phenoxy) is 2. The molecule has 34 heavy (non-hydrogen) atoms. The van der Waals surface area contributed by atoms with Crippen LogP contribution in [0.2, 0.25) is 0 Å². The molecule has 184 valence electrons. The highest BCUT2D eigenvalue weighted by Crippen LogP contribution is 2.44. The van der Waals surface area contributed by atoms with E-state index in [1.54, 1.807) is 18.4 Å². The number of aliphatic hydroxyl groups excluding tert-OH is 1. The van der Waals surface area contributed by atoms with Crippen LogP contribution >= 0.6 is 7.52 Å². The Morgan fingerprint density at radius 1 is 1.29 bits per heavy atom. The minimum absolute atomic E-state index is 0.0233. The number of anilines is 1. The number of hydrogen-bond acceptors (Lipinski definition) is 10. The maximum Gasteiger partial charge on any atom is 0.323 e. The third-order valence-electron chi connectivity index (χ3n) is 4.75. The lowest BCUT2D eigenvalue weighted by atomic mass is 10.2. The maximum absolute atomic E-state index is 13.5. The fourth-order valence-corrected chi connectivity index (χ4v) is 4.77. The Morgan fingerprint density at radius 2 is 2.06 bits per heavy atom. The van der Waals surface area contributed by atoms with Gasteiger partial charge in [-0.2, -0.15) is 4.98 Å². The van der Waals surface area contributed by atoms with E-state index in [0.29, 0.717) is 23.4 Å². The second kappa shape index (κ2) is 12.0. The molecule has 0 aliphatic carbocycles. The van der Waals surface area contributed by atoms with Crippen LogP contribution in [0.5, 0.6) is 0 Å². The van der Waals surface area contributed by atoms with E-state index in [0.717, 1.165) is 5.56 Å². The molecule has 3 rings (SSSR count). The number of imidazole rings is 1. The van der Waals surface area contributed by atoms with Gasteiger partial charge in [-0.05, 0) is 19.4 Å². The summed E-state index contributed by atoms with van der Waals surface area (Å²) in [6.07, 6.45) is 1.27. The van der Waals surface area contributed by atoms with E-state index in [9.17, 15) is 14.5 Å². The predicted octanol–water partition coefficient (Wildman–Crippen LogP) is 1.83. The molecule has 12 nitrogen and oxygen atoms in total. The molecule has 0 radical (unpaired) electrons. The summed E-state index contributed by atoms with van der Waals surface area (Å²) in [7, 11) is -3.57. The second-order valence-corrected chi connectivity index (χ2v) is 9.49. The van der Waals surface area contributed by atoms with E-state index >= 15 is 0 Å². The summed E-state index contributed by atoms with van der Waals surface area (Å²) < 4.78 is 31.5. The number of nitrogens with zero attached hydrogens (tertiary/aromatic N) is 4. The molecule has 1 aromatic carbocycles. The molecule has 2 aromatic heterocycles. The van der Waals surface area contributed by atoms with Crippen molar-refractivity contribution in [2.45, 2.75) is 39.6 Å². The van der Waals surface area contributed by atoms with E-state index in [2.05, 4.69) is 20.0 Å².